The van der Waals surface area contributed by atoms with Gasteiger partial charge in [-0.05, 0) is 17.7 Å². The van der Waals surface area contributed by atoms with Crippen LogP contribution >= 0.6 is 11.6 Å². The van der Waals surface area contributed by atoms with E-state index >= 15 is 0 Å². The molecular formula is C13H11ClF3NO3. The van der Waals surface area contributed by atoms with Gasteiger partial charge >= 0.3 is 12.1 Å². The number of carbonyl (C=O) groups is 2. The first kappa shape index (κ1) is 17.0. The summed E-state index contributed by atoms with van der Waals surface area (Å²) in [6.07, 6.45) is -2.59. The number of halogens is 4. The predicted octanol–water partition coefficient (Wildman–Crippen LogP) is 2.83. The van der Waals surface area contributed by atoms with Gasteiger partial charge in [-0.3, -0.25) is 9.59 Å². The zero-order chi connectivity index (χ0) is 16.0. The van der Waals surface area contributed by atoms with E-state index in [4.69, 9.17) is 16.7 Å². The predicted molar refractivity (Wildman–Crippen MR) is 70.8 cm³/mol. The Bertz CT molecular complexity index is 558. The Labute approximate surface area is 123 Å². The van der Waals surface area contributed by atoms with E-state index in [-0.39, 0.29) is 4.90 Å². The first-order valence-electron chi connectivity index (χ1n) is 5.69. The van der Waals surface area contributed by atoms with Crippen molar-refractivity contribution < 1.29 is 27.9 Å². The number of carboxylic acids is 1. The summed E-state index contributed by atoms with van der Waals surface area (Å²) in [5, 5.41) is 8.87. The number of rotatable bonds is 5. The number of amides is 1. The number of alkyl halides is 3. The first-order chi connectivity index (χ1) is 9.69. The van der Waals surface area contributed by atoms with Crippen LogP contribution in [-0.2, 0) is 9.59 Å². The van der Waals surface area contributed by atoms with Crippen molar-refractivity contribution in [3.63, 3.8) is 0 Å². The second-order valence-corrected chi connectivity index (χ2v) is 4.47. The van der Waals surface area contributed by atoms with Crippen LogP contribution < -0.4 is 0 Å². The molecule has 0 radical (unpaired) electrons. The van der Waals surface area contributed by atoms with Crippen molar-refractivity contribution >= 4 is 29.6 Å². The Kier molecular flexibility index (Phi) is 5.78. The zero-order valence-corrected chi connectivity index (χ0v) is 11.4. The van der Waals surface area contributed by atoms with E-state index in [0.29, 0.717) is 10.6 Å². The van der Waals surface area contributed by atoms with Gasteiger partial charge in [-0.2, -0.15) is 13.2 Å². The molecule has 0 aliphatic rings. The Hall–Kier alpha value is -2.02. The second kappa shape index (κ2) is 7.12. The fraction of sp³-hybridized carbons (Fsp3) is 0.231. The third-order valence-electron chi connectivity index (χ3n) is 2.32. The van der Waals surface area contributed by atoms with Crippen LogP contribution in [0.15, 0.2) is 30.3 Å². The highest BCUT2D eigenvalue weighted by molar-refractivity contribution is 6.32. The molecule has 0 aromatic heterocycles. The van der Waals surface area contributed by atoms with Crippen LogP contribution in [0.4, 0.5) is 13.2 Å². The lowest BCUT2D eigenvalue weighted by molar-refractivity contribution is -0.163. The van der Waals surface area contributed by atoms with Crippen LogP contribution in [0.25, 0.3) is 6.08 Å². The standard InChI is InChI=1S/C13H11ClF3NO3/c14-10-4-2-1-3-9(10)5-6-11(19)18(7-12(20)21)8-13(15,16)17/h1-6H,7-8H2,(H,20,21). The maximum Gasteiger partial charge on any atom is 0.406 e. The van der Waals surface area contributed by atoms with Gasteiger partial charge in [0.05, 0.1) is 0 Å². The van der Waals surface area contributed by atoms with Crippen molar-refractivity contribution in [2.75, 3.05) is 13.1 Å². The third-order valence-corrected chi connectivity index (χ3v) is 2.66. The lowest BCUT2D eigenvalue weighted by Crippen LogP contribution is -2.41. The monoisotopic (exact) mass is 321 g/mol. The molecule has 0 heterocycles. The summed E-state index contributed by atoms with van der Waals surface area (Å²) in [5.74, 6) is -2.59. The second-order valence-electron chi connectivity index (χ2n) is 4.06. The van der Waals surface area contributed by atoms with E-state index in [1.54, 1.807) is 24.3 Å². The molecule has 0 fully saturated rings. The topological polar surface area (TPSA) is 57.6 Å². The number of hydrogen-bond donors (Lipinski definition) is 1. The molecule has 1 rings (SSSR count). The van der Waals surface area contributed by atoms with Gasteiger partial charge in [-0.15, -0.1) is 0 Å². The van der Waals surface area contributed by atoms with Crippen LogP contribution in [0, 0.1) is 0 Å². The third kappa shape index (κ3) is 6.31. The van der Waals surface area contributed by atoms with E-state index in [9.17, 15) is 22.8 Å². The summed E-state index contributed by atoms with van der Waals surface area (Å²) >= 11 is 5.83. The molecule has 0 aliphatic heterocycles. The molecule has 0 unspecified atom stereocenters. The molecule has 0 atom stereocenters. The van der Waals surface area contributed by atoms with E-state index in [2.05, 4.69) is 0 Å². The van der Waals surface area contributed by atoms with Crippen molar-refractivity contribution in [2.45, 2.75) is 6.18 Å². The normalized spacial score (nSPS) is 11.6. The van der Waals surface area contributed by atoms with Crippen LogP contribution in [0.3, 0.4) is 0 Å². The fourth-order valence-corrected chi connectivity index (χ4v) is 1.67. The molecule has 0 saturated heterocycles. The van der Waals surface area contributed by atoms with Gasteiger partial charge in [0.1, 0.15) is 13.1 Å². The lowest BCUT2D eigenvalue weighted by Gasteiger charge is -2.20. The maximum absolute atomic E-state index is 12.3. The molecule has 1 amide bonds. The van der Waals surface area contributed by atoms with Crippen LogP contribution in [0.1, 0.15) is 5.56 Å². The molecule has 1 N–H and O–H groups in total. The van der Waals surface area contributed by atoms with E-state index in [1.165, 1.54) is 6.08 Å². The number of nitrogens with zero attached hydrogens (tertiary/aromatic N) is 1. The number of carboxylic acid groups (broad SMARTS) is 1. The molecule has 0 saturated carbocycles. The molecule has 1 aromatic carbocycles. The highest BCUT2D eigenvalue weighted by atomic mass is 35.5. The minimum atomic E-state index is -4.68. The van der Waals surface area contributed by atoms with Crippen molar-refractivity contribution in [3.05, 3.63) is 40.9 Å². The highest BCUT2D eigenvalue weighted by Gasteiger charge is 2.33. The Balaban J connectivity index is 2.85. The Morgan fingerprint density at radius 2 is 1.90 bits per heavy atom. The van der Waals surface area contributed by atoms with E-state index in [1.807, 2.05) is 0 Å². The van der Waals surface area contributed by atoms with Crippen molar-refractivity contribution in [3.8, 4) is 0 Å². The summed E-state index contributed by atoms with van der Waals surface area (Å²) in [7, 11) is 0. The molecular weight excluding hydrogens is 311 g/mol. The molecule has 0 aliphatic carbocycles. The van der Waals surface area contributed by atoms with Gasteiger partial charge in [0.15, 0.2) is 0 Å². The zero-order valence-electron chi connectivity index (χ0n) is 10.6. The van der Waals surface area contributed by atoms with Crippen LogP contribution in [0.5, 0.6) is 0 Å². The summed E-state index contributed by atoms with van der Waals surface area (Å²) in [6, 6.07) is 6.41. The number of aliphatic carboxylic acids is 1. The van der Waals surface area contributed by atoms with Gasteiger partial charge < -0.3 is 10.0 Å². The largest absolute Gasteiger partial charge is 0.480 e. The minimum absolute atomic E-state index is 0.190. The molecule has 0 bridgehead atoms. The highest BCUT2D eigenvalue weighted by Crippen LogP contribution is 2.18. The molecule has 1 aromatic rings. The average Bonchev–Trinajstić information content (AvgIpc) is 2.34. The van der Waals surface area contributed by atoms with Gasteiger partial charge in [0.25, 0.3) is 0 Å². The van der Waals surface area contributed by atoms with Crippen molar-refractivity contribution in [1.29, 1.82) is 0 Å². The molecule has 4 nitrogen and oxygen atoms in total. The number of carbonyl (C=O) groups excluding carboxylic acids is 1. The quantitative estimate of drug-likeness (QED) is 0.848. The molecule has 114 valence electrons. The summed E-state index contributed by atoms with van der Waals surface area (Å²) in [5.41, 5.74) is 0.440. The molecule has 8 heteroatoms. The number of benzene rings is 1. The summed E-state index contributed by atoms with van der Waals surface area (Å²) < 4.78 is 36.9. The maximum atomic E-state index is 12.3. The van der Waals surface area contributed by atoms with E-state index < -0.39 is 31.1 Å². The van der Waals surface area contributed by atoms with Gasteiger partial charge in [-0.1, -0.05) is 29.8 Å². The SMILES string of the molecule is O=C(O)CN(CC(F)(F)F)C(=O)C=Cc1ccccc1Cl. The van der Waals surface area contributed by atoms with Crippen LogP contribution in [0.2, 0.25) is 5.02 Å². The summed E-state index contributed by atoms with van der Waals surface area (Å²) in [4.78, 5) is 22.4. The number of hydrogen-bond acceptors (Lipinski definition) is 2. The molecule has 0 spiro atoms. The Morgan fingerprint density at radius 1 is 1.29 bits per heavy atom. The van der Waals surface area contributed by atoms with Gasteiger partial charge in [-0.25, -0.2) is 0 Å². The van der Waals surface area contributed by atoms with Crippen molar-refractivity contribution in [1.82, 2.24) is 4.90 Å². The average molecular weight is 322 g/mol. The lowest BCUT2D eigenvalue weighted by atomic mass is 10.2. The van der Waals surface area contributed by atoms with Crippen molar-refractivity contribution in [2.24, 2.45) is 0 Å². The van der Waals surface area contributed by atoms with Gasteiger partial charge in [0.2, 0.25) is 5.91 Å². The smallest absolute Gasteiger partial charge is 0.406 e. The fourth-order valence-electron chi connectivity index (χ4n) is 1.47. The minimum Gasteiger partial charge on any atom is -0.480 e. The Morgan fingerprint density at radius 3 is 2.43 bits per heavy atom. The first-order valence-corrected chi connectivity index (χ1v) is 6.07. The van der Waals surface area contributed by atoms with Crippen LogP contribution in [-0.4, -0.2) is 41.1 Å². The summed E-state index contributed by atoms with van der Waals surface area (Å²) in [6.45, 7) is -2.67. The van der Waals surface area contributed by atoms with Gasteiger partial charge in [0, 0.05) is 11.1 Å². The molecule has 21 heavy (non-hydrogen) atoms. The van der Waals surface area contributed by atoms with E-state index in [0.717, 1.165) is 6.08 Å².